The van der Waals surface area contributed by atoms with E-state index < -0.39 is 35.1 Å². The molecule has 1 saturated heterocycles. The summed E-state index contributed by atoms with van der Waals surface area (Å²) in [4.78, 5) is 70.8. The van der Waals surface area contributed by atoms with Crippen LogP contribution >= 0.6 is 0 Å². The third-order valence-corrected chi connectivity index (χ3v) is 5.77. The fourth-order valence-electron chi connectivity index (χ4n) is 4.12. The van der Waals surface area contributed by atoms with Gasteiger partial charge in [-0.05, 0) is 57.9 Å². The molecule has 1 fully saturated rings. The molecule has 1 atom stereocenters. The highest BCUT2D eigenvalue weighted by Gasteiger charge is 2.30. The van der Waals surface area contributed by atoms with E-state index in [9.17, 15) is 24.0 Å². The second-order valence-corrected chi connectivity index (χ2v) is 9.89. The lowest BCUT2D eigenvalue weighted by Crippen LogP contribution is -2.45. The lowest BCUT2D eigenvalue weighted by molar-refractivity contribution is -0.135. The number of hydrogen-bond donors (Lipinski definition) is 3. The molecule has 38 heavy (non-hydrogen) atoms. The Bertz CT molecular complexity index is 1510. The Labute approximate surface area is 217 Å². The van der Waals surface area contributed by atoms with Crippen molar-refractivity contribution in [2.45, 2.75) is 58.7 Å². The van der Waals surface area contributed by atoms with E-state index in [-0.39, 0.29) is 47.6 Å². The van der Waals surface area contributed by atoms with E-state index in [1.165, 1.54) is 17.0 Å². The fraction of sp³-hybridized carbons (Fsp3) is 0.346. The van der Waals surface area contributed by atoms with Crippen LogP contribution in [0.3, 0.4) is 0 Å². The number of aryl methyl sites for hydroxylation is 1. The van der Waals surface area contributed by atoms with Crippen molar-refractivity contribution >= 4 is 40.4 Å². The number of benzene rings is 1. The van der Waals surface area contributed by atoms with Gasteiger partial charge in [0.15, 0.2) is 0 Å². The highest BCUT2D eigenvalue weighted by molar-refractivity contribution is 6.08. The largest absolute Gasteiger partial charge is 0.444 e. The quantitative estimate of drug-likeness (QED) is 0.432. The Morgan fingerprint density at radius 3 is 2.66 bits per heavy atom. The minimum Gasteiger partial charge on any atom is -0.444 e. The zero-order chi connectivity index (χ0) is 27.6. The second-order valence-electron chi connectivity index (χ2n) is 9.89. The summed E-state index contributed by atoms with van der Waals surface area (Å²) in [5.41, 5.74) is 0.305. The number of ether oxygens (including phenoxy) is 1. The van der Waals surface area contributed by atoms with Crippen LogP contribution in [-0.4, -0.2) is 44.0 Å². The monoisotopic (exact) mass is 520 g/mol. The molecule has 2 aromatic heterocycles. The number of nitrogens with one attached hydrogen (secondary N) is 3. The maximum atomic E-state index is 13.3. The lowest BCUT2D eigenvalue weighted by atomic mass is 10.1. The van der Waals surface area contributed by atoms with Gasteiger partial charge in [-0.1, -0.05) is 6.07 Å². The van der Waals surface area contributed by atoms with Crippen LogP contribution in [0.2, 0.25) is 0 Å². The van der Waals surface area contributed by atoms with Crippen molar-refractivity contribution in [3.8, 4) is 0 Å². The number of alkyl carbamates (subject to hydrolysis) is 1. The standard InChI is InChI=1S/C26H28N6O6/c1-14-29-21-17(24(36)32(14)19-8-9-20(33)31-23(19)35)6-5-7-18(21)30-22(34)16-10-15(11-27-13-16)12-28-25(37)38-26(2,3)4/h5-7,10-11,13,19H,8-9,12H2,1-4H3,(H,28,37)(H,30,34)(H,31,33,35). The number of anilines is 1. The summed E-state index contributed by atoms with van der Waals surface area (Å²) in [7, 11) is 0. The molecule has 1 aromatic carbocycles. The molecule has 0 aliphatic carbocycles. The van der Waals surface area contributed by atoms with Gasteiger partial charge >= 0.3 is 6.09 Å². The first-order valence-corrected chi connectivity index (χ1v) is 12.0. The molecule has 3 N–H and O–H groups in total. The van der Waals surface area contributed by atoms with E-state index in [1.54, 1.807) is 52.0 Å². The number of aromatic nitrogens is 3. The van der Waals surface area contributed by atoms with E-state index in [0.29, 0.717) is 11.3 Å². The van der Waals surface area contributed by atoms with Crippen LogP contribution in [0.1, 0.15) is 61.4 Å². The van der Waals surface area contributed by atoms with E-state index in [0.717, 1.165) is 0 Å². The first-order chi connectivity index (χ1) is 17.9. The summed E-state index contributed by atoms with van der Waals surface area (Å²) >= 11 is 0. The first-order valence-electron chi connectivity index (χ1n) is 12.0. The molecular formula is C26H28N6O6. The van der Waals surface area contributed by atoms with Gasteiger partial charge < -0.3 is 15.4 Å². The van der Waals surface area contributed by atoms with Gasteiger partial charge in [0.05, 0.1) is 16.6 Å². The van der Waals surface area contributed by atoms with Gasteiger partial charge in [0.2, 0.25) is 11.8 Å². The average Bonchev–Trinajstić information content (AvgIpc) is 2.83. The molecule has 1 unspecified atom stereocenters. The number of rotatable bonds is 5. The predicted octanol–water partition coefficient (Wildman–Crippen LogP) is 2.35. The molecule has 0 saturated carbocycles. The molecule has 198 valence electrons. The Hall–Kier alpha value is -4.61. The Balaban J connectivity index is 1.56. The van der Waals surface area contributed by atoms with Crippen molar-refractivity contribution in [3.63, 3.8) is 0 Å². The number of para-hydroxylation sites is 1. The third kappa shape index (κ3) is 5.85. The number of piperidine rings is 1. The topological polar surface area (TPSA) is 161 Å². The molecular weight excluding hydrogens is 492 g/mol. The molecule has 12 nitrogen and oxygen atoms in total. The Kier molecular flexibility index (Phi) is 7.24. The van der Waals surface area contributed by atoms with Gasteiger partial charge in [-0.15, -0.1) is 0 Å². The molecule has 3 aromatic rings. The highest BCUT2D eigenvalue weighted by atomic mass is 16.6. The minimum atomic E-state index is -0.849. The summed E-state index contributed by atoms with van der Waals surface area (Å²) in [6.45, 7) is 6.97. The summed E-state index contributed by atoms with van der Waals surface area (Å²) < 4.78 is 6.49. The average molecular weight is 521 g/mol. The highest BCUT2D eigenvalue weighted by Crippen LogP contribution is 2.24. The zero-order valence-corrected chi connectivity index (χ0v) is 21.5. The normalized spacial score (nSPS) is 15.6. The van der Waals surface area contributed by atoms with E-state index in [1.807, 2.05) is 0 Å². The number of carbonyl (C=O) groups is 4. The number of pyridine rings is 1. The van der Waals surface area contributed by atoms with Gasteiger partial charge in [-0.25, -0.2) is 9.78 Å². The molecule has 1 aliphatic rings. The molecule has 12 heteroatoms. The molecule has 0 radical (unpaired) electrons. The summed E-state index contributed by atoms with van der Waals surface area (Å²) in [6, 6.07) is 5.51. The van der Waals surface area contributed by atoms with Crippen molar-refractivity contribution in [3.05, 3.63) is 64.0 Å². The van der Waals surface area contributed by atoms with Crippen LogP contribution in [0.5, 0.6) is 0 Å². The molecule has 0 spiro atoms. The number of carbonyl (C=O) groups excluding carboxylic acids is 4. The maximum Gasteiger partial charge on any atom is 0.407 e. The van der Waals surface area contributed by atoms with Crippen molar-refractivity contribution in [2.75, 3.05) is 5.32 Å². The molecule has 0 bridgehead atoms. The van der Waals surface area contributed by atoms with Crippen LogP contribution in [-0.2, 0) is 20.9 Å². The summed E-state index contributed by atoms with van der Waals surface area (Å²) in [5.74, 6) is -1.14. The zero-order valence-electron chi connectivity index (χ0n) is 21.5. The second kappa shape index (κ2) is 10.4. The fourth-order valence-corrected chi connectivity index (χ4v) is 4.12. The predicted molar refractivity (Wildman–Crippen MR) is 137 cm³/mol. The molecule has 3 heterocycles. The van der Waals surface area contributed by atoms with Crippen LogP contribution in [0.4, 0.5) is 10.5 Å². The Morgan fingerprint density at radius 1 is 1.18 bits per heavy atom. The van der Waals surface area contributed by atoms with Crippen LogP contribution in [0.15, 0.2) is 41.5 Å². The smallest absolute Gasteiger partial charge is 0.407 e. The number of imide groups is 1. The van der Waals surface area contributed by atoms with Crippen molar-refractivity contribution in [1.82, 2.24) is 25.2 Å². The maximum absolute atomic E-state index is 13.3. The van der Waals surface area contributed by atoms with Gasteiger partial charge in [0.1, 0.15) is 23.0 Å². The molecule has 1 aliphatic heterocycles. The van der Waals surface area contributed by atoms with E-state index in [2.05, 4.69) is 25.9 Å². The summed E-state index contributed by atoms with van der Waals surface area (Å²) in [6.07, 6.45) is 2.63. The Morgan fingerprint density at radius 2 is 1.95 bits per heavy atom. The number of hydrogen-bond acceptors (Lipinski definition) is 8. The van der Waals surface area contributed by atoms with Gasteiger partial charge in [-0.3, -0.25) is 34.0 Å². The number of nitrogens with zero attached hydrogens (tertiary/aromatic N) is 3. The SMILES string of the molecule is Cc1nc2c(NC(=O)c3cncc(CNC(=O)OC(C)(C)C)c3)cccc2c(=O)n1C1CCC(=O)NC1=O. The first kappa shape index (κ1) is 26.5. The van der Waals surface area contributed by atoms with Crippen LogP contribution in [0, 0.1) is 6.92 Å². The number of amides is 4. The lowest BCUT2D eigenvalue weighted by Gasteiger charge is -2.24. The molecule has 4 rings (SSSR count). The van der Waals surface area contributed by atoms with E-state index in [4.69, 9.17) is 4.74 Å². The third-order valence-electron chi connectivity index (χ3n) is 5.77. The van der Waals surface area contributed by atoms with E-state index >= 15 is 0 Å². The summed E-state index contributed by atoms with van der Waals surface area (Å²) in [5, 5.41) is 7.86. The van der Waals surface area contributed by atoms with Crippen LogP contribution in [0.25, 0.3) is 10.9 Å². The number of fused-ring (bicyclic) bond motifs is 1. The van der Waals surface area contributed by atoms with Gasteiger partial charge in [0, 0.05) is 25.4 Å². The van der Waals surface area contributed by atoms with Gasteiger partial charge in [-0.2, -0.15) is 0 Å². The van der Waals surface area contributed by atoms with Crippen molar-refractivity contribution < 1.29 is 23.9 Å². The van der Waals surface area contributed by atoms with Gasteiger partial charge in [0.25, 0.3) is 11.5 Å². The van der Waals surface area contributed by atoms with Crippen molar-refractivity contribution in [2.24, 2.45) is 0 Å². The molecule has 4 amide bonds. The van der Waals surface area contributed by atoms with Crippen LogP contribution < -0.4 is 21.5 Å². The minimum absolute atomic E-state index is 0.109. The van der Waals surface area contributed by atoms with Crippen molar-refractivity contribution in [1.29, 1.82) is 0 Å².